The molecule has 0 aliphatic carbocycles. The molecule has 0 aliphatic heterocycles. The van der Waals surface area contributed by atoms with Crippen LogP contribution in [0.3, 0.4) is 0 Å². The summed E-state index contributed by atoms with van der Waals surface area (Å²) >= 11 is 0. The van der Waals surface area contributed by atoms with E-state index in [1.807, 2.05) is 39.0 Å². The summed E-state index contributed by atoms with van der Waals surface area (Å²) in [5, 5.41) is 2.93. The monoisotopic (exact) mass is 295 g/mol. The maximum atomic E-state index is 12.3. The van der Waals surface area contributed by atoms with Crippen molar-refractivity contribution in [1.82, 2.24) is 0 Å². The largest absolute Gasteiger partial charge is 0.489 e. The van der Waals surface area contributed by atoms with Crippen molar-refractivity contribution in [3.8, 4) is 5.75 Å². The van der Waals surface area contributed by atoms with Crippen molar-refractivity contribution >= 4 is 11.6 Å². The third kappa shape index (κ3) is 4.22. The van der Waals surface area contributed by atoms with E-state index in [4.69, 9.17) is 4.74 Å². The Balaban J connectivity index is 2.04. The van der Waals surface area contributed by atoms with Gasteiger partial charge in [-0.05, 0) is 62.2 Å². The number of benzene rings is 2. The van der Waals surface area contributed by atoms with Crippen molar-refractivity contribution in [2.45, 2.75) is 20.8 Å². The molecular weight excluding hydrogens is 274 g/mol. The molecule has 1 amide bonds. The van der Waals surface area contributed by atoms with Gasteiger partial charge in [-0.1, -0.05) is 24.3 Å². The topological polar surface area (TPSA) is 38.3 Å². The van der Waals surface area contributed by atoms with E-state index in [9.17, 15) is 4.79 Å². The molecule has 0 fully saturated rings. The van der Waals surface area contributed by atoms with Gasteiger partial charge in [0.2, 0.25) is 0 Å². The molecule has 2 aromatic rings. The number of hydrogen-bond donors (Lipinski definition) is 1. The fourth-order valence-corrected chi connectivity index (χ4v) is 2.06. The number of anilines is 1. The maximum absolute atomic E-state index is 12.3. The van der Waals surface area contributed by atoms with Crippen LogP contribution in [0.1, 0.15) is 28.4 Å². The first-order valence-electron chi connectivity index (χ1n) is 7.21. The van der Waals surface area contributed by atoms with Gasteiger partial charge in [0, 0.05) is 11.3 Å². The molecule has 0 aliphatic rings. The Kier molecular flexibility index (Phi) is 4.99. The van der Waals surface area contributed by atoms with Gasteiger partial charge in [0.05, 0.1) is 0 Å². The number of rotatable bonds is 5. The normalized spacial score (nSPS) is 10.1. The number of hydrogen-bond acceptors (Lipinski definition) is 2. The Morgan fingerprint density at radius 1 is 1.14 bits per heavy atom. The van der Waals surface area contributed by atoms with E-state index >= 15 is 0 Å². The van der Waals surface area contributed by atoms with Gasteiger partial charge in [0.15, 0.2) is 0 Å². The van der Waals surface area contributed by atoms with Crippen molar-refractivity contribution in [2.24, 2.45) is 0 Å². The van der Waals surface area contributed by atoms with Gasteiger partial charge >= 0.3 is 0 Å². The summed E-state index contributed by atoms with van der Waals surface area (Å²) < 4.78 is 5.52. The Morgan fingerprint density at radius 3 is 2.41 bits per heavy atom. The number of carbonyl (C=O) groups excluding carboxylic acids is 1. The summed E-state index contributed by atoms with van der Waals surface area (Å²) in [7, 11) is 0. The minimum absolute atomic E-state index is 0.126. The molecule has 0 saturated heterocycles. The van der Waals surface area contributed by atoms with Crippen molar-refractivity contribution in [2.75, 3.05) is 11.9 Å². The zero-order valence-corrected chi connectivity index (χ0v) is 13.3. The minimum atomic E-state index is -0.126. The summed E-state index contributed by atoms with van der Waals surface area (Å²) in [6.07, 6.45) is 0. The second-order valence-electron chi connectivity index (χ2n) is 5.54. The molecule has 2 aromatic carbocycles. The van der Waals surface area contributed by atoms with Crippen LogP contribution in [0.4, 0.5) is 5.69 Å². The van der Waals surface area contributed by atoms with Gasteiger partial charge in [-0.3, -0.25) is 4.79 Å². The van der Waals surface area contributed by atoms with Crippen LogP contribution in [-0.2, 0) is 0 Å². The maximum Gasteiger partial charge on any atom is 0.255 e. The highest BCUT2D eigenvalue weighted by molar-refractivity contribution is 6.04. The molecule has 0 saturated carbocycles. The molecule has 0 bridgehead atoms. The van der Waals surface area contributed by atoms with Crippen LogP contribution in [0.15, 0.2) is 54.6 Å². The predicted molar refractivity (Wildman–Crippen MR) is 90.6 cm³/mol. The van der Waals surface area contributed by atoms with Crippen LogP contribution in [0, 0.1) is 13.8 Å². The van der Waals surface area contributed by atoms with E-state index in [1.54, 1.807) is 24.3 Å². The van der Waals surface area contributed by atoms with E-state index in [0.717, 1.165) is 22.6 Å². The van der Waals surface area contributed by atoms with E-state index in [2.05, 4.69) is 11.9 Å². The van der Waals surface area contributed by atoms with Gasteiger partial charge in [-0.15, -0.1) is 0 Å². The van der Waals surface area contributed by atoms with Gasteiger partial charge < -0.3 is 10.1 Å². The summed E-state index contributed by atoms with van der Waals surface area (Å²) in [6.45, 7) is 10.2. The highest BCUT2D eigenvalue weighted by atomic mass is 16.5. The van der Waals surface area contributed by atoms with Crippen LogP contribution in [0.5, 0.6) is 5.75 Å². The summed E-state index contributed by atoms with van der Waals surface area (Å²) in [5.41, 5.74) is 4.61. The number of carbonyl (C=O) groups is 1. The molecule has 3 nitrogen and oxygen atoms in total. The molecule has 114 valence electrons. The summed E-state index contributed by atoms with van der Waals surface area (Å²) in [6, 6.07) is 13.0. The fraction of sp³-hybridized carbons (Fsp3) is 0.211. The van der Waals surface area contributed by atoms with Gasteiger partial charge in [-0.2, -0.15) is 0 Å². The van der Waals surface area contributed by atoms with Crippen molar-refractivity contribution in [3.63, 3.8) is 0 Å². The smallest absolute Gasteiger partial charge is 0.255 e. The third-order valence-electron chi connectivity index (χ3n) is 3.23. The summed E-state index contributed by atoms with van der Waals surface area (Å²) in [5.74, 6) is 0.601. The standard InChI is InChI=1S/C19H21NO2/c1-13(2)12-22-17-8-6-16(7-9-17)19(21)20-18-10-5-14(3)11-15(18)4/h5-11H,1,12H2,2-4H3,(H,20,21). The second kappa shape index (κ2) is 6.94. The fourth-order valence-electron chi connectivity index (χ4n) is 2.06. The zero-order valence-electron chi connectivity index (χ0n) is 13.3. The van der Waals surface area contributed by atoms with Crippen molar-refractivity contribution in [3.05, 3.63) is 71.3 Å². The molecule has 3 heteroatoms. The highest BCUT2D eigenvalue weighted by Gasteiger charge is 2.08. The van der Waals surface area contributed by atoms with Crippen LogP contribution in [-0.4, -0.2) is 12.5 Å². The number of aryl methyl sites for hydroxylation is 2. The lowest BCUT2D eigenvalue weighted by atomic mass is 10.1. The first kappa shape index (κ1) is 15.8. The quantitative estimate of drug-likeness (QED) is 0.824. The van der Waals surface area contributed by atoms with E-state index in [1.165, 1.54) is 5.56 Å². The molecular formula is C19H21NO2. The Morgan fingerprint density at radius 2 is 1.82 bits per heavy atom. The minimum Gasteiger partial charge on any atom is -0.489 e. The predicted octanol–water partition coefficient (Wildman–Crippen LogP) is 4.51. The van der Waals surface area contributed by atoms with Gasteiger partial charge in [-0.25, -0.2) is 0 Å². The average Bonchev–Trinajstić information content (AvgIpc) is 2.48. The van der Waals surface area contributed by atoms with Crippen molar-refractivity contribution in [1.29, 1.82) is 0 Å². The lowest BCUT2D eigenvalue weighted by Crippen LogP contribution is -2.12. The SMILES string of the molecule is C=C(C)COc1ccc(C(=O)Nc2ccc(C)cc2C)cc1. The Bertz CT molecular complexity index is 687. The molecule has 0 radical (unpaired) electrons. The summed E-state index contributed by atoms with van der Waals surface area (Å²) in [4.78, 5) is 12.3. The van der Waals surface area contributed by atoms with Crippen LogP contribution >= 0.6 is 0 Å². The molecule has 1 N–H and O–H groups in total. The lowest BCUT2D eigenvalue weighted by Gasteiger charge is -2.10. The molecule has 0 spiro atoms. The molecule has 0 unspecified atom stereocenters. The lowest BCUT2D eigenvalue weighted by molar-refractivity contribution is 0.102. The van der Waals surface area contributed by atoms with Gasteiger partial charge in [0.25, 0.3) is 5.91 Å². The van der Waals surface area contributed by atoms with Gasteiger partial charge in [0.1, 0.15) is 12.4 Å². The second-order valence-corrected chi connectivity index (χ2v) is 5.54. The van der Waals surface area contributed by atoms with E-state index < -0.39 is 0 Å². The molecule has 0 aromatic heterocycles. The Hall–Kier alpha value is -2.55. The van der Waals surface area contributed by atoms with Crippen molar-refractivity contribution < 1.29 is 9.53 Å². The molecule has 22 heavy (non-hydrogen) atoms. The van der Waals surface area contributed by atoms with Crippen LogP contribution in [0.25, 0.3) is 0 Å². The molecule has 2 rings (SSSR count). The Labute approximate surface area is 131 Å². The number of nitrogens with one attached hydrogen (secondary N) is 1. The van der Waals surface area contributed by atoms with Crippen LogP contribution in [0.2, 0.25) is 0 Å². The number of amides is 1. The zero-order chi connectivity index (χ0) is 16.1. The highest BCUT2D eigenvalue weighted by Crippen LogP contribution is 2.18. The van der Waals surface area contributed by atoms with E-state index in [0.29, 0.717) is 12.2 Å². The van der Waals surface area contributed by atoms with Crippen LogP contribution < -0.4 is 10.1 Å². The number of ether oxygens (including phenoxy) is 1. The first-order valence-corrected chi connectivity index (χ1v) is 7.21. The first-order chi connectivity index (χ1) is 10.5. The third-order valence-corrected chi connectivity index (χ3v) is 3.23. The van der Waals surface area contributed by atoms with E-state index in [-0.39, 0.29) is 5.91 Å². The molecule has 0 atom stereocenters. The molecule has 0 heterocycles. The average molecular weight is 295 g/mol.